The zero-order valence-electron chi connectivity index (χ0n) is 13.8. The van der Waals surface area contributed by atoms with E-state index in [9.17, 15) is 0 Å². The van der Waals surface area contributed by atoms with Crippen LogP contribution >= 0.6 is 48.8 Å². The molecule has 1 fully saturated rings. The third-order valence-corrected chi connectivity index (χ3v) is 8.02. The van der Waals surface area contributed by atoms with Crippen molar-refractivity contribution in [2.75, 3.05) is 6.54 Å². The van der Waals surface area contributed by atoms with Gasteiger partial charge in [-0.2, -0.15) is 0 Å². The van der Waals surface area contributed by atoms with E-state index in [1.54, 1.807) is 0 Å². The third-order valence-electron chi connectivity index (χ3n) is 4.72. The SMILES string of the molecule is Br.Cc1cc(C)c(CNCC[C@]2(Br)CCCC[C@@H]2Br)c(C)c1. The van der Waals surface area contributed by atoms with Gasteiger partial charge in [-0.3, -0.25) is 0 Å². The zero-order valence-corrected chi connectivity index (χ0v) is 18.7. The summed E-state index contributed by atoms with van der Waals surface area (Å²) >= 11 is 7.86. The van der Waals surface area contributed by atoms with E-state index in [4.69, 9.17) is 0 Å². The Balaban J connectivity index is 0.00000242. The van der Waals surface area contributed by atoms with Crippen molar-refractivity contribution in [3.8, 4) is 0 Å². The molecule has 0 bridgehead atoms. The highest BCUT2D eigenvalue weighted by Gasteiger charge is 2.36. The first-order chi connectivity index (χ1) is 9.92. The van der Waals surface area contributed by atoms with Crippen molar-refractivity contribution in [1.29, 1.82) is 0 Å². The van der Waals surface area contributed by atoms with Crippen LogP contribution in [-0.4, -0.2) is 15.7 Å². The molecular formula is C18H28Br3N. The number of rotatable bonds is 5. The van der Waals surface area contributed by atoms with Gasteiger partial charge in [-0.05, 0) is 63.3 Å². The van der Waals surface area contributed by atoms with Gasteiger partial charge >= 0.3 is 0 Å². The van der Waals surface area contributed by atoms with Crippen molar-refractivity contribution >= 4 is 48.8 Å². The molecule has 4 heteroatoms. The minimum atomic E-state index is 0. The summed E-state index contributed by atoms with van der Waals surface area (Å²) in [7, 11) is 0. The number of benzene rings is 1. The molecule has 0 heterocycles. The van der Waals surface area contributed by atoms with Gasteiger partial charge in [0.2, 0.25) is 0 Å². The van der Waals surface area contributed by atoms with Crippen molar-refractivity contribution in [1.82, 2.24) is 5.32 Å². The highest BCUT2D eigenvalue weighted by Crippen LogP contribution is 2.42. The van der Waals surface area contributed by atoms with Crippen LogP contribution in [0.3, 0.4) is 0 Å². The van der Waals surface area contributed by atoms with Crippen LogP contribution in [0.4, 0.5) is 0 Å². The summed E-state index contributed by atoms with van der Waals surface area (Å²) in [5, 5.41) is 3.65. The maximum absolute atomic E-state index is 4.00. The van der Waals surface area contributed by atoms with E-state index in [0.29, 0.717) is 4.83 Å². The van der Waals surface area contributed by atoms with Crippen molar-refractivity contribution in [2.24, 2.45) is 0 Å². The summed E-state index contributed by atoms with van der Waals surface area (Å²) in [6.07, 6.45) is 6.48. The molecular weight excluding hydrogens is 470 g/mol. The predicted molar refractivity (Wildman–Crippen MR) is 110 cm³/mol. The second kappa shape index (κ2) is 9.19. The number of alkyl halides is 2. The standard InChI is InChI=1S/C18H27Br2N.BrH/c1-13-10-14(2)16(15(3)11-13)12-21-9-8-18(20)7-5-4-6-17(18)19;/h10-11,17,21H,4-9,12H2,1-3H3;1H/t17-,18+;/m0./s1. The van der Waals surface area contributed by atoms with E-state index < -0.39 is 0 Å². The Morgan fingerprint density at radius 1 is 1.18 bits per heavy atom. The van der Waals surface area contributed by atoms with E-state index in [-0.39, 0.29) is 21.3 Å². The van der Waals surface area contributed by atoms with E-state index in [2.05, 4.69) is 70.1 Å². The summed E-state index contributed by atoms with van der Waals surface area (Å²) in [6, 6.07) is 4.57. The van der Waals surface area contributed by atoms with Crippen molar-refractivity contribution in [3.05, 3.63) is 34.4 Å². The van der Waals surface area contributed by atoms with Crippen LogP contribution in [0.1, 0.15) is 54.4 Å². The molecule has 1 aliphatic rings. The molecule has 0 unspecified atom stereocenters. The van der Waals surface area contributed by atoms with Gasteiger partial charge in [-0.1, -0.05) is 62.4 Å². The predicted octanol–water partition coefficient (Wildman–Crippen LogP) is 6.14. The normalized spacial score (nSPS) is 24.9. The molecule has 1 nitrogen and oxygen atoms in total. The molecule has 2 rings (SSSR count). The van der Waals surface area contributed by atoms with E-state index in [1.165, 1.54) is 54.4 Å². The molecule has 1 saturated carbocycles. The van der Waals surface area contributed by atoms with Gasteiger partial charge in [0.25, 0.3) is 0 Å². The average Bonchev–Trinajstić information content (AvgIpc) is 2.40. The molecule has 22 heavy (non-hydrogen) atoms. The highest BCUT2D eigenvalue weighted by molar-refractivity contribution is 9.12. The number of nitrogens with one attached hydrogen (secondary N) is 1. The molecule has 0 spiro atoms. The van der Waals surface area contributed by atoms with Gasteiger partial charge in [0.1, 0.15) is 0 Å². The van der Waals surface area contributed by atoms with Crippen molar-refractivity contribution in [3.63, 3.8) is 0 Å². The third kappa shape index (κ3) is 5.32. The summed E-state index contributed by atoms with van der Waals surface area (Å²) in [5.41, 5.74) is 5.63. The van der Waals surface area contributed by atoms with Crippen molar-refractivity contribution < 1.29 is 0 Å². The van der Waals surface area contributed by atoms with Crippen LogP contribution in [0.25, 0.3) is 0 Å². The second-order valence-electron chi connectivity index (χ2n) is 6.55. The smallest absolute Gasteiger partial charge is 0.0394 e. The molecule has 0 amide bonds. The molecule has 0 aromatic heterocycles. The maximum Gasteiger partial charge on any atom is 0.0394 e. The van der Waals surface area contributed by atoms with Gasteiger partial charge in [0.15, 0.2) is 0 Å². The van der Waals surface area contributed by atoms with Crippen LogP contribution in [0.15, 0.2) is 12.1 Å². The molecule has 1 aromatic rings. The lowest BCUT2D eigenvalue weighted by molar-refractivity contribution is 0.394. The fourth-order valence-corrected chi connectivity index (χ4v) is 4.93. The Labute approximate surface area is 163 Å². The van der Waals surface area contributed by atoms with Crippen LogP contribution < -0.4 is 5.32 Å². The zero-order chi connectivity index (χ0) is 15.5. The summed E-state index contributed by atoms with van der Waals surface area (Å²) in [4.78, 5) is 0.614. The van der Waals surface area contributed by atoms with E-state index in [1.807, 2.05) is 0 Å². The largest absolute Gasteiger partial charge is 0.313 e. The quantitative estimate of drug-likeness (QED) is 0.380. The Bertz CT molecular complexity index is 466. The van der Waals surface area contributed by atoms with Gasteiger partial charge < -0.3 is 5.32 Å². The minimum absolute atomic E-state index is 0. The first kappa shape index (κ1) is 20.7. The van der Waals surface area contributed by atoms with Crippen LogP contribution in [0.2, 0.25) is 0 Å². The Morgan fingerprint density at radius 3 is 2.41 bits per heavy atom. The summed E-state index contributed by atoms with van der Waals surface area (Å²) < 4.78 is 0.287. The topological polar surface area (TPSA) is 12.0 Å². The first-order valence-electron chi connectivity index (χ1n) is 8.03. The summed E-state index contributed by atoms with van der Waals surface area (Å²) in [5.74, 6) is 0. The Morgan fingerprint density at radius 2 is 1.82 bits per heavy atom. The Kier molecular flexibility index (Phi) is 8.64. The van der Waals surface area contributed by atoms with Crippen LogP contribution in [0, 0.1) is 20.8 Å². The number of halogens is 3. The monoisotopic (exact) mass is 495 g/mol. The lowest BCUT2D eigenvalue weighted by atomic mass is 9.86. The molecule has 0 radical (unpaired) electrons. The number of hydrogen-bond acceptors (Lipinski definition) is 1. The van der Waals surface area contributed by atoms with Crippen molar-refractivity contribution in [2.45, 2.75) is 68.6 Å². The van der Waals surface area contributed by atoms with Gasteiger partial charge in [-0.15, -0.1) is 17.0 Å². The summed E-state index contributed by atoms with van der Waals surface area (Å²) in [6.45, 7) is 8.66. The van der Waals surface area contributed by atoms with Crippen LogP contribution in [0.5, 0.6) is 0 Å². The van der Waals surface area contributed by atoms with E-state index >= 15 is 0 Å². The molecule has 126 valence electrons. The lowest BCUT2D eigenvalue weighted by Gasteiger charge is -2.36. The molecule has 0 aliphatic heterocycles. The molecule has 1 aromatic carbocycles. The van der Waals surface area contributed by atoms with Gasteiger partial charge in [0.05, 0.1) is 0 Å². The van der Waals surface area contributed by atoms with Crippen LogP contribution in [-0.2, 0) is 6.54 Å². The van der Waals surface area contributed by atoms with E-state index in [0.717, 1.165) is 13.1 Å². The number of hydrogen-bond donors (Lipinski definition) is 1. The maximum atomic E-state index is 4.00. The first-order valence-corrected chi connectivity index (χ1v) is 9.74. The van der Waals surface area contributed by atoms with Gasteiger partial charge in [0, 0.05) is 15.7 Å². The molecule has 2 atom stereocenters. The number of aryl methyl sites for hydroxylation is 3. The minimum Gasteiger partial charge on any atom is -0.313 e. The fraction of sp³-hybridized carbons (Fsp3) is 0.667. The van der Waals surface area contributed by atoms with Gasteiger partial charge in [-0.25, -0.2) is 0 Å². The molecule has 0 saturated heterocycles. The average molecular weight is 498 g/mol. The molecule has 1 aliphatic carbocycles. The fourth-order valence-electron chi connectivity index (χ4n) is 3.44. The molecule has 1 N–H and O–H groups in total. The lowest BCUT2D eigenvalue weighted by Crippen LogP contribution is -2.38. The highest BCUT2D eigenvalue weighted by atomic mass is 79.9. The Hall–Kier alpha value is 0.620. The second-order valence-corrected chi connectivity index (χ2v) is 9.24.